The van der Waals surface area contributed by atoms with E-state index in [-0.39, 0.29) is 0 Å². The van der Waals surface area contributed by atoms with Crippen molar-refractivity contribution in [1.82, 2.24) is 0 Å². The largest absolute Gasteiger partial charge is 0.463 e. The zero-order valence-corrected chi connectivity index (χ0v) is 4.92. The SMILES string of the molecule is COC(=O)C(=O)CC=O. The Balaban J connectivity index is 3.73. The van der Waals surface area contributed by atoms with Crippen LogP contribution in [0.15, 0.2) is 0 Å². The number of carbonyl (C=O) groups is 3. The Bertz CT molecular complexity index is 138. The van der Waals surface area contributed by atoms with E-state index in [9.17, 15) is 14.4 Å². The summed E-state index contributed by atoms with van der Waals surface area (Å²) in [6.45, 7) is 0. The molecule has 0 aliphatic carbocycles. The van der Waals surface area contributed by atoms with Crippen LogP contribution in [0.5, 0.6) is 0 Å². The number of Topliss-reactive ketones (excluding diaryl/α,β-unsaturated/α-hetero) is 1. The quantitative estimate of drug-likeness (QED) is 0.220. The summed E-state index contributed by atoms with van der Waals surface area (Å²) < 4.78 is 4.02. The summed E-state index contributed by atoms with van der Waals surface area (Å²) >= 11 is 0. The number of esters is 1. The van der Waals surface area contributed by atoms with E-state index in [2.05, 4.69) is 4.74 Å². The molecule has 0 aromatic carbocycles. The highest BCUT2D eigenvalue weighted by molar-refractivity contribution is 6.35. The van der Waals surface area contributed by atoms with E-state index in [0.717, 1.165) is 7.11 Å². The second kappa shape index (κ2) is 3.77. The zero-order chi connectivity index (χ0) is 7.28. The van der Waals surface area contributed by atoms with E-state index in [1.807, 2.05) is 0 Å². The molecule has 0 amide bonds. The predicted molar refractivity (Wildman–Crippen MR) is 27.7 cm³/mol. The fourth-order valence-corrected chi connectivity index (χ4v) is 0.273. The first-order chi connectivity index (χ1) is 4.22. The molecule has 0 aliphatic rings. The predicted octanol–water partition coefficient (Wildman–Crippen LogP) is -0.683. The first-order valence-corrected chi connectivity index (χ1v) is 2.27. The van der Waals surface area contributed by atoms with Crippen LogP contribution in [0.1, 0.15) is 6.42 Å². The molecule has 0 radical (unpaired) electrons. The van der Waals surface area contributed by atoms with Crippen molar-refractivity contribution in [2.75, 3.05) is 7.11 Å². The van der Waals surface area contributed by atoms with Crippen molar-refractivity contribution in [3.63, 3.8) is 0 Å². The number of rotatable bonds is 3. The van der Waals surface area contributed by atoms with E-state index < -0.39 is 18.2 Å². The lowest BCUT2D eigenvalue weighted by Gasteiger charge is -1.90. The number of ether oxygens (including phenoxy) is 1. The fourth-order valence-electron chi connectivity index (χ4n) is 0.273. The standard InChI is InChI=1S/C5H6O4/c1-9-5(8)4(7)2-3-6/h3H,2H2,1H3. The summed E-state index contributed by atoms with van der Waals surface area (Å²) in [5.74, 6) is -1.78. The maximum absolute atomic E-state index is 10.3. The summed E-state index contributed by atoms with van der Waals surface area (Å²) in [6.07, 6.45) is -0.0358. The van der Waals surface area contributed by atoms with E-state index in [1.54, 1.807) is 0 Å². The molecule has 0 aromatic heterocycles. The van der Waals surface area contributed by atoms with Crippen molar-refractivity contribution in [1.29, 1.82) is 0 Å². The minimum Gasteiger partial charge on any atom is -0.463 e. The molecule has 9 heavy (non-hydrogen) atoms. The lowest BCUT2D eigenvalue weighted by Crippen LogP contribution is -2.15. The number of carbonyl (C=O) groups excluding carboxylic acids is 3. The summed E-state index contributed by atoms with van der Waals surface area (Å²) in [7, 11) is 1.09. The number of methoxy groups -OCH3 is 1. The van der Waals surface area contributed by atoms with Crippen LogP contribution in [0.3, 0.4) is 0 Å². The molecule has 0 saturated heterocycles. The third-order valence-electron chi connectivity index (χ3n) is 0.682. The van der Waals surface area contributed by atoms with E-state index in [0.29, 0.717) is 6.29 Å². The Labute approximate surface area is 51.8 Å². The number of hydrogen-bond acceptors (Lipinski definition) is 4. The maximum Gasteiger partial charge on any atom is 0.374 e. The lowest BCUT2D eigenvalue weighted by molar-refractivity contribution is -0.152. The van der Waals surface area contributed by atoms with Gasteiger partial charge in [-0.15, -0.1) is 0 Å². The van der Waals surface area contributed by atoms with Crippen molar-refractivity contribution >= 4 is 18.0 Å². The normalized spacial score (nSPS) is 8.11. The highest BCUT2D eigenvalue weighted by atomic mass is 16.5. The van der Waals surface area contributed by atoms with Crippen LogP contribution in [0.2, 0.25) is 0 Å². The van der Waals surface area contributed by atoms with E-state index in [4.69, 9.17) is 0 Å². The van der Waals surface area contributed by atoms with Gasteiger partial charge in [0.15, 0.2) is 0 Å². The van der Waals surface area contributed by atoms with Crippen LogP contribution in [-0.2, 0) is 19.1 Å². The van der Waals surface area contributed by atoms with Crippen molar-refractivity contribution in [2.24, 2.45) is 0 Å². The first-order valence-electron chi connectivity index (χ1n) is 2.27. The van der Waals surface area contributed by atoms with Gasteiger partial charge in [-0.3, -0.25) is 4.79 Å². The molecule has 0 heterocycles. The molecule has 0 aromatic rings. The molecule has 4 nitrogen and oxygen atoms in total. The third kappa shape index (κ3) is 2.58. The summed E-state index contributed by atoms with van der Waals surface area (Å²) in [5, 5.41) is 0. The summed E-state index contributed by atoms with van der Waals surface area (Å²) in [5.41, 5.74) is 0. The molecule has 0 N–H and O–H groups in total. The topological polar surface area (TPSA) is 60.4 Å². The van der Waals surface area contributed by atoms with Gasteiger partial charge in [0.05, 0.1) is 13.5 Å². The van der Waals surface area contributed by atoms with Crippen molar-refractivity contribution in [2.45, 2.75) is 6.42 Å². The lowest BCUT2D eigenvalue weighted by atomic mass is 10.3. The smallest absolute Gasteiger partial charge is 0.374 e. The third-order valence-corrected chi connectivity index (χ3v) is 0.682. The van der Waals surface area contributed by atoms with Crippen LogP contribution in [-0.4, -0.2) is 25.1 Å². The van der Waals surface area contributed by atoms with Gasteiger partial charge < -0.3 is 9.53 Å². The van der Waals surface area contributed by atoms with Gasteiger partial charge in [-0.1, -0.05) is 0 Å². The Hall–Kier alpha value is -1.19. The Morgan fingerprint density at radius 3 is 2.44 bits per heavy atom. The molecule has 0 aliphatic heterocycles. The van der Waals surface area contributed by atoms with Gasteiger partial charge in [0.2, 0.25) is 5.78 Å². The van der Waals surface area contributed by atoms with Gasteiger partial charge in [-0.05, 0) is 0 Å². The molecule has 0 spiro atoms. The Morgan fingerprint density at radius 2 is 2.11 bits per heavy atom. The summed E-state index contributed by atoms with van der Waals surface area (Å²) in [6, 6.07) is 0. The first kappa shape index (κ1) is 7.81. The van der Waals surface area contributed by atoms with Crippen LogP contribution in [0.25, 0.3) is 0 Å². The molecule has 0 rings (SSSR count). The van der Waals surface area contributed by atoms with Crippen molar-refractivity contribution in [3.8, 4) is 0 Å². The molecular weight excluding hydrogens is 124 g/mol. The minimum absolute atomic E-state index is 0.360. The van der Waals surface area contributed by atoms with Crippen molar-refractivity contribution in [3.05, 3.63) is 0 Å². The van der Waals surface area contributed by atoms with Crippen LogP contribution in [0, 0.1) is 0 Å². The maximum atomic E-state index is 10.3. The highest BCUT2D eigenvalue weighted by Gasteiger charge is 2.11. The molecule has 50 valence electrons. The van der Waals surface area contributed by atoms with Crippen LogP contribution < -0.4 is 0 Å². The molecular formula is C5H6O4. The van der Waals surface area contributed by atoms with Gasteiger partial charge in [0.25, 0.3) is 0 Å². The highest BCUT2D eigenvalue weighted by Crippen LogP contribution is 1.80. The van der Waals surface area contributed by atoms with Gasteiger partial charge in [-0.25, -0.2) is 4.79 Å². The monoisotopic (exact) mass is 130 g/mol. The zero-order valence-electron chi connectivity index (χ0n) is 4.92. The van der Waals surface area contributed by atoms with Crippen LogP contribution in [0.4, 0.5) is 0 Å². The molecule has 0 fully saturated rings. The van der Waals surface area contributed by atoms with Gasteiger partial charge in [0.1, 0.15) is 6.29 Å². The Morgan fingerprint density at radius 1 is 1.56 bits per heavy atom. The van der Waals surface area contributed by atoms with E-state index in [1.165, 1.54) is 0 Å². The average Bonchev–Trinajstić information content (AvgIpc) is 1.87. The van der Waals surface area contributed by atoms with Gasteiger partial charge >= 0.3 is 5.97 Å². The number of aldehydes is 1. The molecule has 0 unspecified atom stereocenters. The Kier molecular flexibility index (Phi) is 3.27. The summed E-state index contributed by atoms with van der Waals surface area (Å²) in [4.78, 5) is 30.0. The van der Waals surface area contributed by atoms with Crippen LogP contribution >= 0.6 is 0 Å². The van der Waals surface area contributed by atoms with Gasteiger partial charge in [0, 0.05) is 0 Å². The van der Waals surface area contributed by atoms with Crippen molar-refractivity contribution < 1.29 is 19.1 Å². The van der Waals surface area contributed by atoms with Gasteiger partial charge in [-0.2, -0.15) is 0 Å². The molecule has 0 saturated carbocycles. The fraction of sp³-hybridized carbons (Fsp3) is 0.400. The van der Waals surface area contributed by atoms with E-state index >= 15 is 0 Å². The average molecular weight is 130 g/mol. The minimum atomic E-state index is -0.970. The second-order valence-electron chi connectivity index (χ2n) is 1.29. The molecule has 0 atom stereocenters. The number of hydrogen-bond donors (Lipinski definition) is 0. The molecule has 0 bridgehead atoms. The molecule has 4 heteroatoms. The number of ketones is 1. The second-order valence-corrected chi connectivity index (χ2v) is 1.29.